The normalized spacial score (nSPS) is 14.0. The number of aromatic nitrogens is 3. The number of thiazole rings is 1. The molecule has 0 N–H and O–H groups in total. The lowest BCUT2D eigenvalue weighted by molar-refractivity contribution is 0.0992. The Morgan fingerprint density at radius 2 is 1.82 bits per heavy atom. The molecule has 1 saturated heterocycles. The molecule has 34 heavy (non-hydrogen) atoms. The summed E-state index contributed by atoms with van der Waals surface area (Å²) in [6.07, 6.45) is 5.74. The van der Waals surface area contributed by atoms with Gasteiger partial charge < -0.3 is 14.7 Å². The molecule has 0 amide bonds. The van der Waals surface area contributed by atoms with Gasteiger partial charge in [0.1, 0.15) is 5.82 Å². The van der Waals surface area contributed by atoms with E-state index >= 15 is 0 Å². The first-order valence-electron chi connectivity index (χ1n) is 11.3. The second kappa shape index (κ2) is 9.12. The standard InChI is InChI=1S/C26H28N6OS/c1-30(2)22-15-32(16-22)25-11-17(7-8-27-25)23(33)12-21-10-20-9-18(5-6-19(20)13-28-21)24-14-29-26(34-24)31(3)4/h5-11,13-14,22H,12,15-16H2,1-4H3. The van der Waals surface area contributed by atoms with Crippen LogP contribution in [0, 0.1) is 0 Å². The van der Waals surface area contributed by atoms with Crippen molar-refractivity contribution in [1.82, 2.24) is 19.9 Å². The fraction of sp³-hybridized carbons (Fsp3) is 0.308. The van der Waals surface area contributed by atoms with E-state index in [1.807, 2.05) is 43.5 Å². The van der Waals surface area contributed by atoms with Crippen LogP contribution in [0.4, 0.5) is 10.9 Å². The van der Waals surface area contributed by atoms with E-state index in [4.69, 9.17) is 0 Å². The fourth-order valence-electron chi connectivity index (χ4n) is 4.04. The Bertz CT molecular complexity index is 1340. The number of benzene rings is 1. The number of nitrogens with zero attached hydrogens (tertiary/aromatic N) is 6. The number of Topliss-reactive ketones (excluding diaryl/α,β-unsaturated/α-hetero) is 1. The molecule has 1 aliphatic rings. The van der Waals surface area contributed by atoms with Gasteiger partial charge in [-0.3, -0.25) is 9.78 Å². The van der Waals surface area contributed by atoms with Crippen molar-refractivity contribution in [2.24, 2.45) is 0 Å². The van der Waals surface area contributed by atoms with Crippen LogP contribution in [0.2, 0.25) is 0 Å². The average molecular weight is 473 g/mol. The summed E-state index contributed by atoms with van der Waals surface area (Å²) in [6.45, 7) is 1.87. The predicted octanol–water partition coefficient (Wildman–Crippen LogP) is 3.99. The number of pyridine rings is 2. The lowest BCUT2D eigenvalue weighted by Crippen LogP contribution is -2.57. The maximum atomic E-state index is 13.1. The molecule has 0 aliphatic carbocycles. The minimum atomic E-state index is 0.0504. The monoisotopic (exact) mass is 472 g/mol. The summed E-state index contributed by atoms with van der Waals surface area (Å²) in [5, 5.41) is 3.10. The maximum absolute atomic E-state index is 13.1. The molecule has 4 aromatic rings. The van der Waals surface area contributed by atoms with Gasteiger partial charge in [0.2, 0.25) is 0 Å². The second-order valence-corrected chi connectivity index (χ2v) is 10.2. The zero-order valence-electron chi connectivity index (χ0n) is 19.9. The number of ketones is 1. The Hall–Kier alpha value is -3.36. The number of hydrogen-bond donors (Lipinski definition) is 0. The minimum absolute atomic E-state index is 0.0504. The van der Waals surface area contributed by atoms with Crippen LogP contribution in [-0.4, -0.2) is 73.0 Å². The highest BCUT2D eigenvalue weighted by atomic mass is 32.1. The lowest BCUT2D eigenvalue weighted by Gasteiger charge is -2.43. The van der Waals surface area contributed by atoms with Crippen molar-refractivity contribution in [3.63, 3.8) is 0 Å². The summed E-state index contributed by atoms with van der Waals surface area (Å²) in [4.78, 5) is 34.1. The number of fused-ring (bicyclic) bond motifs is 1. The maximum Gasteiger partial charge on any atom is 0.185 e. The Morgan fingerprint density at radius 1 is 1.00 bits per heavy atom. The van der Waals surface area contributed by atoms with E-state index in [0.29, 0.717) is 11.6 Å². The van der Waals surface area contributed by atoms with Gasteiger partial charge in [0.05, 0.1) is 11.3 Å². The summed E-state index contributed by atoms with van der Waals surface area (Å²) in [7, 11) is 8.17. The van der Waals surface area contributed by atoms with E-state index in [9.17, 15) is 4.79 Å². The van der Waals surface area contributed by atoms with Gasteiger partial charge in [0.25, 0.3) is 0 Å². The van der Waals surface area contributed by atoms with Crippen LogP contribution in [0.1, 0.15) is 16.1 Å². The smallest absolute Gasteiger partial charge is 0.185 e. The fourth-order valence-corrected chi connectivity index (χ4v) is 4.88. The summed E-state index contributed by atoms with van der Waals surface area (Å²) >= 11 is 1.66. The number of hydrogen-bond acceptors (Lipinski definition) is 8. The first-order valence-corrected chi connectivity index (χ1v) is 12.1. The molecular formula is C26H28N6OS. The van der Waals surface area contributed by atoms with Crippen LogP contribution in [-0.2, 0) is 6.42 Å². The van der Waals surface area contributed by atoms with Crippen molar-refractivity contribution in [1.29, 1.82) is 0 Å². The highest BCUT2D eigenvalue weighted by Crippen LogP contribution is 2.32. The van der Waals surface area contributed by atoms with Crippen LogP contribution >= 0.6 is 11.3 Å². The zero-order chi connectivity index (χ0) is 23.8. The molecule has 5 rings (SSSR count). The summed E-state index contributed by atoms with van der Waals surface area (Å²) in [5.41, 5.74) is 2.56. The molecule has 1 aliphatic heterocycles. The molecule has 0 bridgehead atoms. The first kappa shape index (κ1) is 22.4. The van der Waals surface area contributed by atoms with Crippen molar-refractivity contribution in [2.75, 3.05) is 51.1 Å². The third-order valence-electron chi connectivity index (χ3n) is 6.26. The molecule has 174 valence electrons. The molecule has 1 aromatic carbocycles. The Balaban J connectivity index is 1.33. The molecule has 1 fully saturated rings. The Morgan fingerprint density at radius 3 is 2.56 bits per heavy atom. The highest BCUT2D eigenvalue weighted by Gasteiger charge is 2.29. The van der Waals surface area contributed by atoms with Gasteiger partial charge >= 0.3 is 0 Å². The third-order valence-corrected chi connectivity index (χ3v) is 7.48. The number of likely N-dealkylation sites (N-methyl/N-ethyl adjacent to an activating group) is 1. The van der Waals surface area contributed by atoms with Gasteiger partial charge in [-0.15, -0.1) is 0 Å². The number of rotatable bonds is 7. The van der Waals surface area contributed by atoms with Crippen LogP contribution in [0.5, 0.6) is 0 Å². The van der Waals surface area contributed by atoms with Gasteiger partial charge in [-0.1, -0.05) is 23.5 Å². The van der Waals surface area contributed by atoms with Crippen LogP contribution < -0.4 is 9.80 Å². The second-order valence-electron chi connectivity index (χ2n) is 9.16. The SMILES string of the molecule is CN(C)c1ncc(-c2ccc3cnc(CC(=O)c4ccnc(N5CC(N(C)C)C5)c4)cc3c2)s1. The van der Waals surface area contributed by atoms with E-state index < -0.39 is 0 Å². The number of carbonyl (C=O) groups excluding carboxylic acids is 1. The molecule has 0 spiro atoms. The largest absolute Gasteiger partial charge is 0.354 e. The van der Waals surface area contributed by atoms with Gasteiger partial charge in [-0.25, -0.2) is 9.97 Å². The quantitative estimate of drug-likeness (QED) is 0.377. The van der Waals surface area contributed by atoms with Crippen molar-refractivity contribution < 1.29 is 4.79 Å². The lowest BCUT2D eigenvalue weighted by atomic mass is 10.0. The molecule has 7 nitrogen and oxygen atoms in total. The van der Waals surface area contributed by atoms with E-state index in [0.717, 1.165) is 50.9 Å². The van der Waals surface area contributed by atoms with Gasteiger partial charge in [0.15, 0.2) is 10.9 Å². The van der Waals surface area contributed by atoms with Crippen LogP contribution in [0.15, 0.2) is 55.0 Å². The van der Waals surface area contributed by atoms with Crippen molar-refractivity contribution >= 4 is 38.8 Å². The molecule has 0 unspecified atom stereocenters. The molecule has 4 heterocycles. The van der Waals surface area contributed by atoms with Gasteiger partial charge in [-0.2, -0.15) is 0 Å². The zero-order valence-corrected chi connectivity index (χ0v) is 20.7. The summed E-state index contributed by atoms with van der Waals surface area (Å²) < 4.78 is 0. The highest BCUT2D eigenvalue weighted by molar-refractivity contribution is 7.18. The van der Waals surface area contributed by atoms with E-state index in [-0.39, 0.29) is 12.2 Å². The Labute approximate surface area is 203 Å². The Kier molecular flexibility index (Phi) is 6.02. The van der Waals surface area contributed by atoms with Crippen molar-refractivity contribution in [2.45, 2.75) is 12.5 Å². The number of anilines is 2. The molecule has 0 atom stereocenters. The van der Waals surface area contributed by atoms with E-state index in [1.54, 1.807) is 23.6 Å². The summed E-state index contributed by atoms with van der Waals surface area (Å²) in [6, 6.07) is 12.6. The van der Waals surface area contributed by atoms with E-state index in [2.05, 4.69) is 57.0 Å². The average Bonchev–Trinajstić information content (AvgIpc) is 3.28. The van der Waals surface area contributed by atoms with Crippen LogP contribution in [0.25, 0.3) is 21.2 Å². The van der Waals surface area contributed by atoms with Gasteiger partial charge in [-0.05, 0) is 49.3 Å². The molecular weight excluding hydrogens is 444 g/mol. The van der Waals surface area contributed by atoms with Crippen molar-refractivity contribution in [3.8, 4) is 10.4 Å². The minimum Gasteiger partial charge on any atom is -0.354 e. The predicted molar refractivity (Wildman–Crippen MR) is 139 cm³/mol. The molecule has 3 aromatic heterocycles. The van der Waals surface area contributed by atoms with Gasteiger partial charge in [0, 0.05) is 68.5 Å². The molecule has 8 heteroatoms. The first-order chi connectivity index (χ1) is 16.4. The van der Waals surface area contributed by atoms with Crippen LogP contribution in [0.3, 0.4) is 0 Å². The number of carbonyl (C=O) groups is 1. The van der Waals surface area contributed by atoms with Crippen molar-refractivity contribution in [3.05, 3.63) is 66.2 Å². The molecule has 0 saturated carbocycles. The molecule has 0 radical (unpaired) electrons. The summed E-state index contributed by atoms with van der Waals surface area (Å²) in [5.74, 6) is 0.913. The third kappa shape index (κ3) is 4.51. The van der Waals surface area contributed by atoms with E-state index in [1.165, 1.54) is 0 Å². The topological polar surface area (TPSA) is 65.5 Å².